The second kappa shape index (κ2) is 7.47. The molecule has 2 aromatic carbocycles. The highest BCUT2D eigenvalue weighted by molar-refractivity contribution is 5.94. The van der Waals surface area contributed by atoms with E-state index >= 15 is 0 Å². The van der Waals surface area contributed by atoms with Crippen LogP contribution in [-0.2, 0) is 11.3 Å². The number of carbonyl (C=O) groups is 2. The van der Waals surface area contributed by atoms with Gasteiger partial charge in [0.05, 0.1) is 17.0 Å². The maximum absolute atomic E-state index is 13.2. The van der Waals surface area contributed by atoms with E-state index in [1.807, 2.05) is 58.3 Å². The number of benzene rings is 2. The van der Waals surface area contributed by atoms with E-state index in [0.717, 1.165) is 12.0 Å². The van der Waals surface area contributed by atoms with Crippen molar-refractivity contribution in [2.75, 3.05) is 19.6 Å². The first-order chi connectivity index (χ1) is 13.6. The van der Waals surface area contributed by atoms with Gasteiger partial charge in [-0.2, -0.15) is 5.26 Å². The van der Waals surface area contributed by atoms with Crippen molar-refractivity contribution < 1.29 is 9.59 Å². The molecule has 0 aliphatic carbocycles. The minimum Gasteiger partial charge on any atom is -0.339 e. The molecule has 2 heterocycles. The minimum absolute atomic E-state index is 0.0423. The van der Waals surface area contributed by atoms with Gasteiger partial charge in [-0.25, -0.2) is 0 Å². The van der Waals surface area contributed by atoms with E-state index in [2.05, 4.69) is 6.07 Å². The minimum atomic E-state index is -0.352. The van der Waals surface area contributed by atoms with E-state index in [-0.39, 0.29) is 17.2 Å². The molecule has 5 heteroatoms. The normalized spacial score (nSPS) is 18.3. The molecule has 1 spiro atoms. The van der Waals surface area contributed by atoms with E-state index in [1.165, 1.54) is 0 Å². The summed E-state index contributed by atoms with van der Waals surface area (Å²) in [6.07, 6.45) is 2.25. The molecule has 0 saturated carbocycles. The molecular formula is C23H23N3O2. The average Bonchev–Trinajstić information content (AvgIpc) is 3.04. The Labute approximate surface area is 165 Å². The summed E-state index contributed by atoms with van der Waals surface area (Å²) in [5.41, 5.74) is 1.87. The first-order valence-corrected chi connectivity index (χ1v) is 9.75. The Morgan fingerprint density at radius 1 is 0.964 bits per heavy atom. The van der Waals surface area contributed by atoms with Crippen LogP contribution in [0.2, 0.25) is 0 Å². The van der Waals surface area contributed by atoms with Crippen LogP contribution in [0.15, 0.2) is 54.6 Å². The van der Waals surface area contributed by atoms with Crippen molar-refractivity contribution in [1.29, 1.82) is 5.26 Å². The second-order valence-electron chi connectivity index (χ2n) is 7.68. The Bertz CT molecular complexity index is 924. The zero-order valence-corrected chi connectivity index (χ0v) is 15.8. The fourth-order valence-corrected chi connectivity index (χ4v) is 4.38. The molecule has 2 aromatic rings. The zero-order chi connectivity index (χ0) is 19.6. The van der Waals surface area contributed by atoms with Crippen LogP contribution < -0.4 is 0 Å². The Morgan fingerprint density at radius 3 is 2.32 bits per heavy atom. The van der Waals surface area contributed by atoms with Gasteiger partial charge in [0.2, 0.25) is 5.91 Å². The van der Waals surface area contributed by atoms with E-state index in [0.29, 0.717) is 50.1 Å². The van der Waals surface area contributed by atoms with E-state index < -0.39 is 0 Å². The van der Waals surface area contributed by atoms with Gasteiger partial charge in [-0.3, -0.25) is 9.59 Å². The number of hydrogen-bond donors (Lipinski definition) is 0. The van der Waals surface area contributed by atoms with Crippen LogP contribution in [0.25, 0.3) is 0 Å². The molecule has 142 valence electrons. The molecule has 0 N–H and O–H groups in total. The van der Waals surface area contributed by atoms with Crippen molar-refractivity contribution in [1.82, 2.24) is 9.80 Å². The third-order valence-electron chi connectivity index (χ3n) is 6.13. The van der Waals surface area contributed by atoms with Crippen LogP contribution in [0, 0.1) is 16.7 Å². The molecule has 0 aromatic heterocycles. The molecule has 28 heavy (non-hydrogen) atoms. The smallest absolute Gasteiger partial charge is 0.253 e. The molecule has 2 amide bonds. The maximum atomic E-state index is 13.2. The highest BCUT2D eigenvalue weighted by Crippen LogP contribution is 2.42. The predicted octanol–water partition coefficient (Wildman–Crippen LogP) is 3.21. The van der Waals surface area contributed by atoms with Gasteiger partial charge in [0.1, 0.15) is 0 Å². The second-order valence-corrected chi connectivity index (χ2v) is 7.68. The Hall–Kier alpha value is -3.13. The van der Waals surface area contributed by atoms with Crippen LogP contribution in [0.4, 0.5) is 0 Å². The van der Waals surface area contributed by atoms with Crippen LogP contribution >= 0.6 is 0 Å². The zero-order valence-electron chi connectivity index (χ0n) is 15.8. The Balaban J connectivity index is 1.42. The Kier molecular flexibility index (Phi) is 4.87. The van der Waals surface area contributed by atoms with Gasteiger partial charge in [0.25, 0.3) is 5.91 Å². The quantitative estimate of drug-likeness (QED) is 0.830. The number of rotatable bonds is 3. The number of nitrogens with zero attached hydrogens (tertiary/aromatic N) is 3. The summed E-state index contributed by atoms with van der Waals surface area (Å²) < 4.78 is 0. The SMILES string of the molecule is N#Cc1ccccc1CN1CCC2(CCN(C(=O)c3ccccc3)CC2)C1=O. The van der Waals surface area contributed by atoms with Crippen LogP contribution in [0.3, 0.4) is 0 Å². The van der Waals surface area contributed by atoms with Gasteiger partial charge in [0, 0.05) is 31.7 Å². The van der Waals surface area contributed by atoms with Gasteiger partial charge in [0.15, 0.2) is 0 Å². The lowest BCUT2D eigenvalue weighted by Crippen LogP contribution is -2.46. The summed E-state index contributed by atoms with van der Waals surface area (Å²) in [5.74, 6) is 0.216. The van der Waals surface area contributed by atoms with Crippen molar-refractivity contribution in [3.63, 3.8) is 0 Å². The number of nitriles is 1. The number of likely N-dealkylation sites (tertiary alicyclic amines) is 2. The first-order valence-electron chi connectivity index (χ1n) is 9.75. The Morgan fingerprint density at radius 2 is 1.61 bits per heavy atom. The lowest BCUT2D eigenvalue weighted by molar-refractivity contribution is -0.138. The molecule has 2 saturated heterocycles. The van der Waals surface area contributed by atoms with Crippen LogP contribution in [0.1, 0.15) is 40.7 Å². The molecule has 5 nitrogen and oxygen atoms in total. The van der Waals surface area contributed by atoms with Crippen LogP contribution in [0.5, 0.6) is 0 Å². The molecule has 0 radical (unpaired) electrons. The summed E-state index contributed by atoms with van der Waals surface area (Å²) >= 11 is 0. The summed E-state index contributed by atoms with van der Waals surface area (Å²) in [5, 5.41) is 9.28. The molecular weight excluding hydrogens is 350 g/mol. The standard InChI is InChI=1S/C23H23N3O2/c24-16-19-8-4-5-9-20(19)17-26-15-12-23(22(26)28)10-13-25(14-11-23)21(27)18-6-2-1-3-7-18/h1-9H,10-15,17H2. The van der Waals surface area contributed by atoms with E-state index in [1.54, 1.807) is 6.07 Å². The van der Waals surface area contributed by atoms with Gasteiger partial charge >= 0.3 is 0 Å². The van der Waals surface area contributed by atoms with Crippen molar-refractivity contribution in [3.8, 4) is 6.07 Å². The molecule has 2 aliphatic rings. The fraction of sp³-hybridized carbons (Fsp3) is 0.348. The van der Waals surface area contributed by atoms with Crippen molar-refractivity contribution in [3.05, 3.63) is 71.3 Å². The molecule has 0 unspecified atom stereocenters. The third-order valence-corrected chi connectivity index (χ3v) is 6.13. The molecule has 0 bridgehead atoms. The summed E-state index contributed by atoms with van der Waals surface area (Å²) in [6, 6.07) is 19.0. The van der Waals surface area contributed by atoms with Gasteiger partial charge in [-0.1, -0.05) is 36.4 Å². The van der Waals surface area contributed by atoms with Crippen molar-refractivity contribution >= 4 is 11.8 Å². The third kappa shape index (κ3) is 3.27. The fourth-order valence-electron chi connectivity index (χ4n) is 4.38. The maximum Gasteiger partial charge on any atom is 0.253 e. The van der Waals surface area contributed by atoms with Gasteiger partial charge in [-0.05, 0) is 43.0 Å². The number of amides is 2. The lowest BCUT2D eigenvalue weighted by Gasteiger charge is -2.38. The molecule has 0 atom stereocenters. The molecule has 2 aliphatic heterocycles. The highest BCUT2D eigenvalue weighted by Gasteiger charge is 2.48. The van der Waals surface area contributed by atoms with Crippen molar-refractivity contribution in [2.24, 2.45) is 5.41 Å². The summed E-state index contributed by atoms with van der Waals surface area (Å²) in [7, 11) is 0. The first kappa shape index (κ1) is 18.2. The van der Waals surface area contributed by atoms with E-state index in [4.69, 9.17) is 0 Å². The number of piperidine rings is 1. The van der Waals surface area contributed by atoms with Gasteiger partial charge < -0.3 is 9.80 Å². The average molecular weight is 373 g/mol. The monoisotopic (exact) mass is 373 g/mol. The lowest BCUT2D eigenvalue weighted by atomic mass is 9.77. The summed E-state index contributed by atoms with van der Waals surface area (Å²) in [6.45, 7) is 2.42. The molecule has 2 fully saturated rings. The largest absolute Gasteiger partial charge is 0.339 e. The number of carbonyl (C=O) groups excluding carboxylic acids is 2. The topological polar surface area (TPSA) is 64.4 Å². The van der Waals surface area contributed by atoms with Crippen LogP contribution in [-0.4, -0.2) is 41.2 Å². The van der Waals surface area contributed by atoms with E-state index in [9.17, 15) is 14.9 Å². The highest BCUT2D eigenvalue weighted by atomic mass is 16.2. The molecule has 4 rings (SSSR count). The number of hydrogen-bond acceptors (Lipinski definition) is 3. The van der Waals surface area contributed by atoms with Gasteiger partial charge in [-0.15, -0.1) is 0 Å². The predicted molar refractivity (Wildman–Crippen MR) is 105 cm³/mol. The summed E-state index contributed by atoms with van der Waals surface area (Å²) in [4.78, 5) is 29.6. The van der Waals surface area contributed by atoms with Crippen molar-refractivity contribution in [2.45, 2.75) is 25.8 Å².